The third kappa shape index (κ3) is 4.19. The molecule has 0 unspecified atom stereocenters. The minimum Gasteiger partial charge on any atom is -0.507 e. The maximum absolute atomic E-state index is 5.96. The number of benzene rings is 2. The largest absolute Gasteiger partial charge is 0.610 e. The van der Waals surface area contributed by atoms with Gasteiger partial charge in [0.15, 0.2) is 0 Å². The Morgan fingerprint density at radius 2 is 1.11 bits per heavy atom. The van der Waals surface area contributed by atoms with Gasteiger partial charge in [0.05, 0.1) is 10.0 Å². The first kappa shape index (κ1) is 14.8. The molecule has 0 N–H and O–H groups in total. The van der Waals surface area contributed by atoms with Gasteiger partial charge in [-0.3, -0.25) is 0 Å². The average molecular weight is 352 g/mol. The number of halogens is 4. The quantitative estimate of drug-likeness (QED) is 0.696. The molecule has 0 amide bonds. The highest BCUT2D eigenvalue weighted by atomic mass is 35.5. The van der Waals surface area contributed by atoms with Gasteiger partial charge in [-0.25, -0.2) is 0 Å². The van der Waals surface area contributed by atoms with Crippen molar-refractivity contribution in [2.24, 2.45) is 0 Å². The Bertz CT molecular complexity index is 540. The molecule has 2 rings (SSSR count). The normalized spacial score (nSPS) is 10.3. The fourth-order valence-electron chi connectivity index (χ4n) is 1.23. The zero-order valence-electron chi connectivity index (χ0n) is 9.29. The van der Waals surface area contributed by atoms with Crippen LogP contribution in [0, 0.1) is 0 Å². The summed E-state index contributed by atoms with van der Waals surface area (Å²) in [6, 6.07) is 9.90. The zero-order valence-corrected chi connectivity index (χ0v) is 13.3. The Morgan fingerprint density at radius 1 is 0.684 bits per heavy atom. The van der Waals surface area contributed by atoms with Crippen molar-refractivity contribution in [2.75, 3.05) is 0 Å². The molecule has 0 aliphatic rings. The van der Waals surface area contributed by atoms with Gasteiger partial charge in [0.25, 0.3) is 0 Å². The summed E-state index contributed by atoms with van der Waals surface area (Å²) in [5, 5.41) is 1.93. The van der Waals surface area contributed by atoms with Crippen molar-refractivity contribution in [1.29, 1.82) is 0 Å². The molecule has 0 aliphatic carbocycles. The molecule has 0 heterocycles. The Labute approximate surface area is 133 Å². The predicted octanol–water partition coefficient (Wildman–Crippen LogP) is 5.29. The van der Waals surface area contributed by atoms with Crippen LogP contribution in [0.5, 0.6) is 11.5 Å². The van der Waals surface area contributed by atoms with E-state index in [2.05, 4.69) is 0 Å². The minimum absolute atomic E-state index is 0.282. The van der Waals surface area contributed by atoms with Gasteiger partial charge in [0, 0.05) is 10.0 Å². The Hall–Kier alpha value is -0.583. The Kier molecular flexibility index (Phi) is 5.25. The maximum Gasteiger partial charge on any atom is 0.610 e. The molecule has 2 aromatic rings. The van der Waals surface area contributed by atoms with Crippen molar-refractivity contribution in [3.8, 4) is 11.5 Å². The molecule has 7 heteroatoms. The molecular formula is C12H6Cl4O2Si. The molecule has 98 valence electrons. The minimum atomic E-state index is -0.282. The third-order valence-electron chi connectivity index (χ3n) is 2.09. The topological polar surface area (TPSA) is 18.5 Å². The van der Waals surface area contributed by atoms with E-state index in [0.717, 1.165) is 0 Å². The monoisotopic (exact) mass is 350 g/mol. The van der Waals surface area contributed by atoms with Crippen LogP contribution in [-0.4, -0.2) is 10.0 Å². The summed E-state index contributed by atoms with van der Waals surface area (Å²) in [6.07, 6.45) is 0. The van der Waals surface area contributed by atoms with Gasteiger partial charge >= 0.3 is 10.0 Å². The second kappa shape index (κ2) is 6.73. The van der Waals surface area contributed by atoms with E-state index in [4.69, 9.17) is 55.3 Å². The summed E-state index contributed by atoms with van der Waals surface area (Å²) in [7, 11) is -0.282. The number of hydrogen-bond donors (Lipinski definition) is 0. The van der Waals surface area contributed by atoms with E-state index in [1.807, 2.05) is 0 Å². The van der Waals surface area contributed by atoms with E-state index in [1.54, 1.807) is 36.4 Å². The van der Waals surface area contributed by atoms with Crippen molar-refractivity contribution < 1.29 is 8.85 Å². The molecule has 2 radical (unpaired) electrons. The summed E-state index contributed by atoms with van der Waals surface area (Å²) in [5.74, 6) is 0.990. The van der Waals surface area contributed by atoms with Crippen molar-refractivity contribution in [3.63, 3.8) is 0 Å². The average Bonchev–Trinajstić information content (AvgIpc) is 2.34. The third-order valence-corrected chi connectivity index (χ3v) is 3.76. The van der Waals surface area contributed by atoms with Gasteiger partial charge < -0.3 is 8.85 Å². The van der Waals surface area contributed by atoms with Crippen LogP contribution in [-0.2, 0) is 0 Å². The van der Waals surface area contributed by atoms with E-state index in [-0.39, 0.29) is 10.0 Å². The fraction of sp³-hybridized carbons (Fsp3) is 0. The van der Waals surface area contributed by atoms with E-state index in [9.17, 15) is 0 Å². The lowest BCUT2D eigenvalue weighted by molar-refractivity contribution is 0.459. The second-order valence-electron chi connectivity index (χ2n) is 3.44. The summed E-state index contributed by atoms with van der Waals surface area (Å²) < 4.78 is 10.8. The summed E-state index contributed by atoms with van der Waals surface area (Å²) in [6.45, 7) is 0. The second-order valence-corrected chi connectivity index (χ2v) is 5.70. The van der Waals surface area contributed by atoms with Crippen molar-refractivity contribution in [2.45, 2.75) is 0 Å². The van der Waals surface area contributed by atoms with E-state index in [0.29, 0.717) is 31.6 Å². The predicted molar refractivity (Wildman–Crippen MR) is 79.9 cm³/mol. The highest BCUT2D eigenvalue weighted by Gasteiger charge is 2.08. The molecule has 19 heavy (non-hydrogen) atoms. The molecule has 0 aromatic heterocycles. The Morgan fingerprint density at radius 3 is 1.47 bits per heavy atom. The molecule has 0 saturated heterocycles. The molecule has 0 fully saturated rings. The van der Waals surface area contributed by atoms with Crippen LogP contribution in [0.15, 0.2) is 36.4 Å². The smallest absolute Gasteiger partial charge is 0.507 e. The van der Waals surface area contributed by atoms with Gasteiger partial charge in [0.2, 0.25) is 0 Å². The fourth-order valence-corrected chi connectivity index (χ4v) is 2.83. The van der Waals surface area contributed by atoms with Gasteiger partial charge in [-0.05, 0) is 36.4 Å². The van der Waals surface area contributed by atoms with E-state index >= 15 is 0 Å². The molecule has 2 aromatic carbocycles. The van der Waals surface area contributed by atoms with Gasteiger partial charge in [-0.1, -0.05) is 46.4 Å². The lowest BCUT2D eigenvalue weighted by atomic mass is 10.3. The maximum atomic E-state index is 5.96. The van der Waals surface area contributed by atoms with Crippen LogP contribution in [0.25, 0.3) is 0 Å². The first-order chi connectivity index (χ1) is 9.06. The SMILES string of the molecule is Clc1ccc(O[Si]Oc2ccc(Cl)cc2Cl)c(Cl)c1. The lowest BCUT2D eigenvalue weighted by Crippen LogP contribution is -2.11. The van der Waals surface area contributed by atoms with Crippen LogP contribution in [0.4, 0.5) is 0 Å². The van der Waals surface area contributed by atoms with E-state index < -0.39 is 0 Å². The van der Waals surface area contributed by atoms with Crippen LogP contribution in [0.2, 0.25) is 20.1 Å². The number of rotatable bonds is 4. The van der Waals surface area contributed by atoms with Gasteiger partial charge in [-0.2, -0.15) is 0 Å². The number of hydrogen-bond acceptors (Lipinski definition) is 2. The highest BCUT2D eigenvalue weighted by molar-refractivity contribution is 6.37. The van der Waals surface area contributed by atoms with Crippen LogP contribution in [0.1, 0.15) is 0 Å². The first-order valence-corrected chi connectivity index (χ1v) is 7.38. The molecule has 0 saturated carbocycles. The van der Waals surface area contributed by atoms with Crippen molar-refractivity contribution >= 4 is 56.4 Å². The standard InChI is InChI=1S/C12H6Cl4O2Si/c13-7-1-3-11(9(15)5-7)17-19-18-12-4-2-8(14)6-10(12)16/h1-6H. The summed E-state index contributed by atoms with van der Waals surface area (Å²) >= 11 is 23.5. The zero-order chi connectivity index (χ0) is 13.8. The Balaban J connectivity index is 1.96. The van der Waals surface area contributed by atoms with Crippen molar-refractivity contribution in [1.82, 2.24) is 0 Å². The first-order valence-electron chi connectivity index (χ1n) is 5.05. The van der Waals surface area contributed by atoms with Gasteiger partial charge in [0.1, 0.15) is 11.5 Å². The lowest BCUT2D eigenvalue weighted by Gasteiger charge is -2.09. The van der Waals surface area contributed by atoms with E-state index in [1.165, 1.54) is 0 Å². The highest BCUT2D eigenvalue weighted by Crippen LogP contribution is 2.29. The van der Waals surface area contributed by atoms with Crippen molar-refractivity contribution in [3.05, 3.63) is 56.5 Å². The van der Waals surface area contributed by atoms with Crippen LogP contribution in [0.3, 0.4) is 0 Å². The molecule has 0 aliphatic heterocycles. The summed E-state index contributed by atoms with van der Waals surface area (Å²) in [4.78, 5) is 0. The molecule has 0 bridgehead atoms. The summed E-state index contributed by atoms with van der Waals surface area (Å²) in [5.41, 5.74) is 0. The van der Waals surface area contributed by atoms with Gasteiger partial charge in [-0.15, -0.1) is 0 Å². The molecule has 2 nitrogen and oxygen atoms in total. The molecular weight excluding hydrogens is 346 g/mol. The molecule has 0 atom stereocenters. The molecule has 0 spiro atoms. The van der Waals surface area contributed by atoms with Crippen LogP contribution < -0.4 is 8.85 Å². The van der Waals surface area contributed by atoms with Crippen LogP contribution >= 0.6 is 46.4 Å².